The van der Waals surface area contributed by atoms with Gasteiger partial charge in [-0.2, -0.15) is 0 Å². The highest BCUT2D eigenvalue weighted by Crippen LogP contribution is 2.29. The number of urea groups is 1. The van der Waals surface area contributed by atoms with Gasteiger partial charge in [0.15, 0.2) is 0 Å². The fraction of sp³-hybridized carbons (Fsp3) is 0.500. The van der Waals surface area contributed by atoms with Crippen molar-refractivity contribution in [2.24, 2.45) is 0 Å². The van der Waals surface area contributed by atoms with Crippen LogP contribution in [0.1, 0.15) is 13.8 Å². The zero-order chi connectivity index (χ0) is 17.7. The average molecular weight is 373 g/mol. The fourth-order valence-electron chi connectivity index (χ4n) is 2.58. The minimum Gasteiger partial charge on any atom is -0.338 e. The predicted molar refractivity (Wildman–Crippen MR) is 96.8 cm³/mol. The van der Waals surface area contributed by atoms with E-state index >= 15 is 0 Å². The molecule has 1 aromatic rings. The summed E-state index contributed by atoms with van der Waals surface area (Å²) in [5.74, 6) is -0.148. The number of hydrogen-bond acceptors (Lipinski definition) is 3. The summed E-state index contributed by atoms with van der Waals surface area (Å²) < 4.78 is 0. The third kappa shape index (κ3) is 4.53. The van der Waals surface area contributed by atoms with Crippen molar-refractivity contribution in [1.82, 2.24) is 15.1 Å². The first-order valence-corrected chi connectivity index (χ1v) is 8.71. The number of amides is 3. The van der Waals surface area contributed by atoms with Crippen LogP contribution in [0.4, 0.5) is 10.5 Å². The van der Waals surface area contributed by atoms with E-state index in [0.717, 1.165) is 0 Å². The van der Waals surface area contributed by atoms with Crippen LogP contribution in [0, 0.1) is 0 Å². The van der Waals surface area contributed by atoms with Crippen LogP contribution in [0.3, 0.4) is 0 Å². The smallest absolute Gasteiger partial charge is 0.317 e. The number of carbonyl (C=O) groups is 2. The van der Waals surface area contributed by atoms with Gasteiger partial charge >= 0.3 is 6.03 Å². The number of benzene rings is 1. The van der Waals surface area contributed by atoms with Gasteiger partial charge in [-0.1, -0.05) is 29.3 Å². The maximum atomic E-state index is 12.4. The van der Waals surface area contributed by atoms with Crippen LogP contribution in [0.5, 0.6) is 0 Å². The molecule has 0 saturated carbocycles. The van der Waals surface area contributed by atoms with Crippen molar-refractivity contribution in [3.8, 4) is 0 Å². The van der Waals surface area contributed by atoms with Crippen LogP contribution >= 0.6 is 23.2 Å². The van der Waals surface area contributed by atoms with Crippen molar-refractivity contribution in [3.63, 3.8) is 0 Å². The van der Waals surface area contributed by atoms with Gasteiger partial charge in [0.2, 0.25) is 5.91 Å². The molecule has 0 aromatic heterocycles. The van der Waals surface area contributed by atoms with Gasteiger partial charge in [-0.05, 0) is 26.0 Å². The van der Waals surface area contributed by atoms with E-state index in [4.69, 9.17) is 23.2 Å². The minimum absolute atomic E-state index is 0.0556. The number of carbonyl (C=O) groups excluding carboxylic acids is 2. The normalized spacial score (nSPS) is 16.6. The standard InChI is InChI=1S/C16H22Cl2N4O2/c1-3-19-16(24)22-9-7-21(8-10-22)11(2)15(23)20-13-6-4-5-12(17)14(13)18/h4-6,11H,3,7-10H2,1-2H3,(H,19,24)(H,20,23). The Morgan fingerprint density at radius 3 is 2.50 bits per heavy atom. The van der Waals surface area contributed by atoms with Gasteiger partial charge in [-0.3, -0.25) is 9.69 Å². The number of nitrogens with zero attached hydrogens (tertiary/aromatic N) is 2. The Morgan fingerprint density at radius 2 is 1.88 bits per heavy atom. The molecule has 6 nitrogen and oxygen atoms in total. The second-order valence-electron chi connectivity index (χ2n) is 5.63. The number of rotatable bonds is 4. The van der Waals surface area contributed by atoms with Crippen molar-refractivity contribution >= 4 is 40.8 Å². The molecule has 1 heterocycles. The van der Waals surface area contributed by atoms with Crippen molar-refractivity contribution in [1.29, 1.82) is 0 Å². The number of nitrogens with one attached hydrogen (secondary N) is 2. The Morgan fingerprint density at radius 1 is 1.21 bits per heavy atom. The van der Waals surface area contributed by atoms with Crippen LogP contribution in [0.15, 0.2) is 18.2 Å². The number of halogens is 2. The van der Waals surface area contributed by atoms with E-state index in [2.05, 4.69) is 10.6 Å². The van der Waals surface area contributed by atoms with E-state index in [-0.39, 0.29) is 18.0 Å². The highest BCUT2D eigenvalue weighted by molar-refractivity contribution is 6.44. The van der Waals surface area contributed by atoms with Gasteiger partial charge in [0.1, 0.15) is 0 Å². The number of anilines is 1. The summed E-state index contributed by atoms with van der Waals surface area (Å²) in [5, 5.41) is 6.34. The summed E-state index contributed by atoms with van der Waals surface area (Å²) in [6, 6.07) is 4.74. The van der Waals surface area contributed by atoms with Gasteiger partial charge in [0.25, 0.3) is 0 Å². The summed E-state index contributed by atoms with van der Waals surface area (Å²) in [6.45, 7) is 6.84. The van der Waals surface area contributed by atoms with E-state index in [1.54, 1.807) is 23.1 Å². The Kier molecular flexibility index (Phi) is 6.71. The molecule has 3 amide bonds. The average Bonchev–Trinajstić information content (AvgIpc) is 2.58. The first-order valence-electron chi connectivity index (χ1n) is 7.95. The zero-order valence-corrected chi connectivity index (χ0v) is 15.3. The van der Waals surface area contributed by atoms with Crippen molar-refractivity contribution in [2.45, 2.75) is 19.9 Å². The molecule has 0 spiro atoms. The molecule has 1 aromatic carbocycles. The monoisotopic (exact) mass is 372 g/mol. The lowest BCUT2D eigenvalue weighted by molar-refractivity contribution is -0.121. The van der Waals surface area contributed by atoms with Crippen LogP contribution in [-0.2, 0) is 4.79 Å². The van der Waals surface area contributed by atoms with Gasteiger partial charge in [-0.25, -0.2) is 4.79 Å². The van der Waals surface area contributed by atoms with E-state index < -0.39 is 0 Å². The second-order valence-corrected chi connectivity index (χ2v) is 6.41. The van der Waals surface area contributed by atoms with Crippen LogP contribution in [0.2, 0.25) is 10.0 Å². The summed E-state index contributed by atoms with van der Waals surface area (Å²) in [6.07, 6.45) is 0. The summed E-state index contributed by atoms with van der Waals surface area (Å²) in [4.78, 5) is 28.1. The Hall–Kier alpha value is -1.50. The molecule has 0 radical (unpaired) electrons. The van der Waals surface area contributed by atoms with E-state index in [9.17, 15) is 9.59 Å². The highest BCUT2D eigenvalue weighted by Gasteiger charge is 2.27. The van der Waals surface area contributed by atoms with Gasteiger partial charge < -0.3 is 15.5 Å². The van der Waals surface area contributed by atoms with Crippen molar-refractivity contribution in [2.75, 3.05) is 38.0 Å². The molecule has 8 heteroatoms. The molecule has 132 valence electrons. The minimum atomic E-state index is -0.323. The summed E-state index contributed by atoms with van der Waals surface area (Å²) in [5.41, 5.74) is 0.502. The van der Waals surface area contributed by atoms with Crippen LogP contribution in [-0.4, -0.2) is 60.5 Å². The third-order valence-electron chi connectivity index (χ3n) is 4.07. The maximum Gasteiger partial charge on any atom is 0.317 e. The molecule has 0 bridgehead atoms. The van der Waals surface area contributed by atoms with E-state index in [0.29, 0.717) is 48.5 Å². The molecule has 1 aliphatic heterocycles. The first kappa shape index (κ1) is 18.8. The molecule has 1 unspecified atom stereocenters. The van der Waals surface area contributed by atoms with E-state index in [1.807, 2.05) is 18.7 Å². The Labute approximate surface area is 152 Å². The van der Waals surface area contributed by atoms with Crippen molar-refractivity contribution < 1.29 is 9.59 Å². The van der Waals surface area contributed by atoms with Crippen LogP contribution in [0.25, 0.3) is 0 Å². The first-order chi connectivity index (χ1) is 11.4. The van der Waals surface area contributed by atoms with E-state index in [1.165, 1.54) is 0 Å². The molecule has 2 rings (SSSR count). The van der Waals surface area contributed by atoms with Crippen molar-refractivity contribution in [3.05, 3.63) is 28.2 Å². The van der Waals surface area contributed by atoms with Gasteiger partial charge in [-0.15, -0.1) is 0 Å². The molecule has 1 saturated heterocycles. The lowest BCUT2D eigenvalue weighted by Gasteiger charge is -2.37. The van der Waals surface area contributed by atoms with Gasteiger partial charge in [0.05, 0.1) is 21.8 Å². The molecule has 0 aliphatic carbocycles. The maximum absolute atomic E-state index is 12.4. The number of hydrogen-bond donors (Lipinski definition) is 2. The molecule has 24 heavy (non-hydrogen) atoms. The highest BCUT2D eigenvalue weighted by atomic mass is 35.5. The molecule has 1 fully saturated rings. The summed E-state index contributed by atoms with van der Waals surface area (Å²) in [7, 11) is 0. The third-order valence-corrected chi connectivity index (χ3v) is 4.89. The largest absolute Gasteiger partial charge is 0.338 e. The van der Waals surface area contributed by atoms with Gasteiger partial charge in [0, 0.05) is 32.7 Å². The second kappa shape index (κ2) is 8.55. The topological polar surface area (TPSA) is 64.7 Å². The lowest BCUT2D eigenvalue weighted by atomic mass is 10.2. The number of piperazine rings is 1. The molecular formula is C16H22Cl2N4O2. The summed E-state index contributed by atoms with van der Waals surface area (Å²) >= 11 is 12.1. The SMILES string of the molecule is CCNC(=O)N1CCN(C(C)C(=O)Nc2cccc(Cl)c2Cl)CC1. The molecule has 1 aliphatic rings. The Balaban J connectivity index is 1.90. The quantitative estimate of drug-likeness (QED) is 0.853. The fourth-order valence-corrected chi connectivity index (χ4v) is 2.93. The van der Waals surface area contributed by atoms with Crippen LogP contribution < -0.4 is 10.6 Å². The predicted octanol–water partition coefficient (Wildman–Crippen LogP) is 2.67. The molecule has 1 atom stereocenters. The molecular weight excluding hydrogens is 351 g/mol. The molecule has 2 N–H and O–H groups in total. The lowest BCUT2D eigenvalue weighted by Crippen LogP contribution is -2.55. The zero-order valence-electron chi connectivity index (χ0n) is 13.8. The Bertz CT molecular complexity index is 604.